The van der Waals surface area contributed by atoms with Gasteiger partial charge in [0.2, 0.25) is 0 Å². The van der Waals surface area contributed by atoms with Crippen molar-refractivity contribution in [3.8, 4) is 0 Å². The molecule has 0 saturated heterocycles. The van der Waals surface area contributed by atoms with E-state index in [0.29, 0.717) is 4.90 Å². The summed E-state index contributed by atoms with van der Waals surface area (Å²) in [7, 11) is 0.722. The Morgan fingerprint density at radius 2 is 1.76 bits per heavy atom. The van der Waals surface area contributed by atoms with Crippen LogP contribution in [0.4, 0.5) is 0 Å². The number of hydrogen-bond donors (Lipinski definition) is 2. The second kappa shape index (κ2) is 6.14. The monoisotopic (exact) mass is 256 g/mol. The van der Waals surface area contributed by atoms with Crippen molar-refractivity contribution in [3.63, 3.8) is 0 Å². The molecule has 0 radical (unpaired) electrons. The van der Waals surface area contributed by atoms with Gasteiger partial charge in [-0.3, -0.25) is 0 Å². The standard InChI is InChI=1S/C12H20N2O2S/c1-13-9-8-12(14-2)10-4-6-11(7-5-10)17(3,15)16/h4-7,12-14H,8-9H2,1-3H3. The Morgan fingerprint density at radius 3 is 2.18 bits per heavy atom. The molecule has 96 valence electrons. The third kappa shape index (κ3) is 4.11. The average Bonchev–Trinajstić information content (AvgIpc) is 2.29. The van der Waals surface area contributed by atoms with Crippen LogP contribution in [-0.2, 0) is 9.84 Å². The zero-order valence-electron chi connectivity index (χ0n) is 10.5. The fourth-order valence-electron chi connectivity index (χ4n) is 1.71. The average molecular weight is 256 g/mol. The quantitative estimate of drug-likeness (QED) is 0.796. The molecule has 2 N–H and O–H groups in total. The molecule has 0 heterocycles. The van der Waals surface area contributed by atoms with Crippen LogP contribution >= 0.6 is 0 Å². The van der Waals surface area contributed by atoms with E-state index in [1.165, 1.54) is 6.26 Å². The molecule has 1 aromatic rings. The van der Waals surface area contributed by atoms with Crippen LogP contribution < -0.4 is 10.6 Å². The summed E-state index contributed by atoms with van der Waals surface area (Å²) in [6.07, 6.45) is 2.18. The Labute approximate surface area is 103 Å². The highest BCUT2D eigenvalue weighted by atomic mass is 32.2. The van der Waals surface area contributed by atoms with Crippen molar-refractivity contribution in [2.75, 3.05) is 26.9 Å². The molecule has 0 saturated carbocycles. The van der Waals surface area contributed by atoms with E-state index in [2.05, 4.69) is 10.6 Å². The van der Waals surface area contributed by atoms with Gasteiger partial charge in [0, 0.05) is 12.3 Å². The lowest BCUT2D eigenvalue weighted by atomic mass is 10.0. The highest BCUT2D eigenvalue weighted by molar-refractivity contribution is 7.90. The van der Waals surface area contributed by atoms with Crippen molar-refractivity contribution in [3.05, 3.63) is 29.8 Å². The van der Waals surface area contributed by atoms with E-state index < -0.39 is 9.84 Å². The maximum absolute atomic E-state index is 11.3. The SMILES string of the molecule is CNCCC(NC)c1ccc(S(C)(=O)=O)cc1. The summed E-state index contributed by atoms with van der Waals surface area (Å²) in [6.45, 7) is 0.916. The molecule has 0 aliphatic carbocycles. The first-order chi connectivity index (χ1) is 7.99. The van der Waals surface area contributed by atoms with Crippen molar-refractivity contribution >= 4 is 9.84 Å². The van der Waals surface area contributed by atoms with Crippen LogP contribution in [0.1, 0.15) is 18.0 Å². The summed E-state index contributed by atoms with van der Waals surface area (Å²) >= 11 is 0. The summed E-state index contributed by atoms with van der Waals surface area (Å²) in [4.78, 5) is 0.365. The number of nitrogens with one attached hydrogen (secondary N) is 2. The van der Waals surface area contributed by atoms with E-state index in [4.69, 9.17) is 0 Å². The van der Waals surface area contributed by atoms with Crippen LogP contribution in [0, 0.1) is 0 Å². The summed E-state index contributed by atoms with van der Waals surface area (Å²) in [5.41, 5.74) is 1.11. The largest absolute Gasteiger partial charge is 0.320 e. The van der Waals surface area contributed by atoms with Gasteiger partial charge in [-0.25, -0.2) is 8.42 Å². The molecule has 0 aliphatic rings. The minimum absolute atomic E-state index is 0.246. The van der Waals surface area contributed by atoms with Crippen molar-refractivity contribution in [1.29, 1.82) is 0 Å². The third-order valence-corrected chi connectivity index (χ3v) is 3.87. The number of sulfone groups is 1. The Morgan fingerprint density at radius 1 is 1.18 bits per heavy atom. The summed E-state index contributed by atoms with van der Waals surface area (Å²) in [6, 6.07) is 7.31. The Kier molecular flexibility index (Phi) is 5.11. The Hall–Kier alpha value is -0.910. The lowest BCUT2D eigenvalue weighted by molar-refractivity contribution is 0.533. The van der Waals surface area contributed by atoms with Crippen LogP contribution in [0.15, 0.2) is 29.2 Å². The van der Waals surface area contributed by atoms with Gasteiger partial charge in [-0.05, 0) is 44.8 Å². The first kappa shape index (κ1) is 14.2. The zero-order valence-corrected chi connectivity index (χ0v) is 11.3. The normalized spacial score (nSPS) is 13.6. The second-order valence-electron chi connectivity index (χ2n) is 4.07. The molecule has 0 amide bonds. The molecule has 0 aromatic heterocycles. The van der Waals surface area contributed by atoms with Crippen LogP contribution in [0.2, 0.25) is 0 Å². The zero-order chi connectivity index (χ0) is 12.9. The first-order valence-corrected chi connectivity index (χ1v) is 7.50. The highest BCUT2D eigenvalue weighted by Gasteiger charge is 2.11. The minimum Gasteiger partial charge on any atom is -0.320 e. The van der Waals surface area contributed by atoms with E-state index in [-0.39, 0.29) is 6.04 Å². The summed E-state index contributed by atoms with van der Waals surface area (Å²) < 4.78 is 22.7. The van der Waals surface area contributed by atoms with Crippen LogP contribution in [-0.4, -0.2) is 35.3 Å². The minimum atomic E-state index is -3.10. The number of rotatable bonds is 6. The van der Waals surface area contributed by atoms with Crippen molar-refractivity contribution in [1.82, 2.24) is 10.6 Å². The Balaban J connectivity index is 2.85. The molecule has 0 aliphatic heterocycles. The third-order valence-electron chi connectivity index (χ3n) is 2.74. The molecular weight excluding hydrogens is 236 g/mol. The number of hydrogen-bond acceptors (Lipinski definition) is 4. The van der Waals surface area contributed by atoms with Gasteiger partial charge in [-0.1, -0.05) is 12.1 Å². The first-order valence-electron chi connectivity index (χ1n) is 5.61. The van der Waals surface area contributed by atoms with Gasteiger partial charge in [-0.2, -0.15) is 0 Å². The highest BCUT2D eigenvalue weighted by Crippen LogP contribution is 2.18. The van der Waals surface area contributed by atoms with Crippen molar-refractivity contribution in [2.24, 2.45) is 0 Å². The summed E-state index contributed by atoms with van der Waals surface area (Å²) in [5.74, 6) is 0. The van der Waals surface area contributed by atoms with Gasteiger partial charge < -0.3 is 10.6 Å². The van der Waals surface area contributed by atoms with E-state index >= 15 is 0 Å². The fraction of sp³-hybridized carbons (Fsp3) is 0.500. The van der Waals surface area contributed by atoms with Crippen molar-refractivity contribution in [2.45, 2.75) is 17.4 Å². The molecule has 17 heavy (non-hydrogen) atoms. The molecular formula is C12H20N2O2S. The maximum atomic E-state index is 11.3. The van der Waals surface area contributed by atoms with Crippen LogP contribution in [0.25, 0.3) is 0 Å². The van der Waals surface area contributed by atoms with Gasteiger partial charge in [0.1, 0.15) is 0 Å². The summed E-state index contributed by atoms with van der Waals surface area (Å²) in [5, 5.41) is 6.32. The molecule has 0 spiro atoms. The van der Waals surface area contributed by atoms with Gasteiger partial charge in [0.25, 0.3) is 0 Å². The fourth-order valence-corrected chi connectivity index (χ4v) is 2.34. The van der Waals surface area contributed by atoms with Gasteiger partial charge in [0.15, 0.2) is 9.84 Å². The van der Waals surface area contributed by atoms with E-state index in [1.54, 1.807) is 12.1 Å². The molecule has 0 fully saturated rings. The second-order valence-corrected chi connectivity index (χ2v) is 6.09. The smallest absolute Gasteiger partial charge is 0.175 e. The molecule has 1 rings (SSSR count). The Bertz CT molecular complexity index is 440. The molecule has 5 heteroatoms. The topological polar surface area (TPSA) is 58.2 Å². The van der Waals surface area contributed by atoms with E-state index in [9.17, 15) is 8.42 Å². The lowest BCUT2D eigenvalue weighted by Gasteiger charge is -2.16. The maximum Gasteiger partial charge on any atom is 0.175 e. The lowest BCUT2D eigenvalue weighted by Crippen LogP contribution is -2.21. The van der Waals surface area contributed by atoms with Crippen LogP contribution in [0.5, 0.6) is 0 Å². The van der Waals surface area contributed by atoms with E-state index in [0.717, 1.165) is 18.5 Å². The number of benzene rings is 1. The molecule has 4 nitrogen and oxygen atoms in total. The predicted octanol–water partition coefficient (Wildman–Crippen LogP) is 0.960. The molecule has 1 atom stereocenters. The van der Waals surface area contributed by atoms with Gasteiger partial charge in [0.05, 0.1) is 4.90 Å². The van der Waals surface area contributed by atoms with E-state index in [1.807, 2.05) is 26.2 Å². The van der Waals surface area contributed by atoms with Gasteiger partial charge >= 0.3 is 0 Å². The molecule has 1 unspecified atom stereocenters. The predicted molar refractivity (Wildman–Crippen MR) is 69.9 cm³/mol. The molecule has 1 aromatic carbocycles. The molecule has 0 bridgehead atoms. The van der Waals surface area contributed by atoms with Gasteiger partial charge in [-0.15, -0.1) is 0 Å². The van der Waals surface area contributed by atoms with Crippen molar-refractivity contribution < 1.29 is 8.42 Å². The van der Waals surface area contributed by atoms with Crippen LogP contribution in [0.3, 0.4) is 0 Å².